The molecule has 0 atom stereocenters. The third kappa shape index (κ3) is 207. The van der Waals surface area contributed by atoms with E-state index in [0.29, 0.717) is 0 Å². The summed E-state index contributed by atoms with van der Waals surface area (Å²) in [7, 11) is -4.67. The molecular weight excluding hydrogens is 215 g/mol. The Morgan fingerprint density at radius 3 is 1.12 bits per heavy atom. The van der Waals surface area contributed by atoms with E-state index in [1.807, 2.05) is 0 Å². The van der Waals surface area contributed by atoms with E-state index in [-0.39, 0.29) is 45.4 Å². The van der Waals surface area contributed by atoms with Gasteiger partial charge in [-0.3, -0.25) is 9.11 Å². The maximum atomic E-state index is 8.74. The minimum Gasteiger partial charge on any atom is -0.264 e. The van der Waals surface area contributed by atoms with Crippen LogP contribution in [0.25, 0.3) is 0 Å². The van der Waals surface area contributed by atoms with Gasteiger partial charge in [-0.25, -0.2) is 0 Å². The molecule has 55 valence electrons. The van der Waals surface area contributed by atoms with E-state index >= 15 is 0 Å². The third-order valence-corrected chi connectivity index (χ3v) is 0. The summed E-state index contributed by atoms with van der Waals surface area (Å²) in [6.07, 6.45) is 0. The van der Waals surface area contributed by atoms with Gasteiger partial charge in [0, 0.05) is 17.1 Å². The minimum atomic E-state index is -4.67. The summed E-state index contributed by atoms with van der Waals surface area (Å²) in [6.45, 7) is 0. The fourth-order valence-electron chi connectivity index (χ4n) is 0. The first-order valence-corrected chi connectivity index (χ1v) is 2.10. The SMILES string of the molecule is O=S(=O)(O)O.[AlH2].[Cu].[SiH3]. The van der Waals surface area contributed by atoms with E-state index in [1.165, 1.54) is 0 Å². The van der Waals surface area contributed by atoms with Crippen molar-refractivity contribution in [3.63, 3.8) is 0 Å². The molecule has 0 bridgehead atoms. The molecule has 3 radical (unpaired) electrons. The van der Waals surface area contributed by atoms with Crippen LogP contribution in [-0.2, 0) is 27.5 Å². The van der Waals surface area contributed by atoms with Gasteiger partial charge < -0.3 is 0 Å². The summed E-state index contributed by atoms with van der Waals surface area (Å²) < 4.78 is 31.6. The maximum Gasteiger partial charge on any atom is 0.394 e. The van der Waals surface area contributed by atoms with Crippen LogP contribution in [0.4, 0.5) is 0 Å². The summed E-state index contributed by atoms with van der Waals surface area (Å²) >= 11 is 0. The van der Waals surface area contributed by atoms with Crippen molar-refractivity contribution in [3.05, 3.63) is 0 Å². The summed E-state index contributed by atoms with van der Waals surface area (Å²) in [5.41, 5.74) is 0. The van der Waals surface area contributed by atoms with Crippen LogP contribution >= 0.6 is 0 Å². The Morgan fingerprint density at radius 2 is 1.12 bits per heavy atom. The molecule has 0 aliphatic heterocycles. The Bertz CT molecular complexity index is 99.2. The quantitative estimate of drug-likeness (QED) is 0.344. The van der Waals surface area contributed by atoms with Gasteiger partial charge in [0.25, 0.3) is 0 Å². The predicted octanol–water partition coefficient (Wildman–Crippen LogP) is -2.76. The second-order valence-corrected chi connectivity index (χ2v) is 1.34. The van der Waals surface area contributed by atoms with E-state index in [2.05, 4.69) is 0 Å². The fourth-order valence-corrected chi connectivity index (χ4v) is 0. The molecule has 2 N–H and O–H groups in total. The zero-order valence-corrected chi connectivity index (χ0v) is 10.2. The first kappa shape index (κ1) is 22.9. The molecule has 0 fully saturated rings. The van der Waals surface area contributed by atoms with Crippen LogP contribution in [0.2, 0.25) is 0 Å². The van der Waals surface area contributed by atoms with Crippen LogP contribution in [-0.4, -0.2) is 45.8 Å². The Balaban J connectivity index is -0.0000000267. The smallest absolute Gasteiger partial charge is 0.264 e. The Hall–Kier alpha value is 1.14. The first-order chi connectivity index (χ1) is 2.00. The van der Waals surface area contributed by atoms with E-state index in [0.717, 1.165) is 0 Å². The standard InChI is InChI=1S/Al.Cu.H2O4S.H3Si.2H/c;;1-5(2,3)4;;;/h;;(H2,1,2,3,4);1H3;;. The van der Waals surface area contributed by atoms with E-state index < -0.39 is 10.4 Å². The van der Waals surface area contributed by atoms with Crippen LogP contribution < -0.4 is 0 Å². The number of hydrogen-bond acceptors (Lipinski definition) is 2. The zero-order chi connectivity index (χ0) is 4.50. The molecule has 0 rings (SSSR count). The molecule has 0 saturated heterocycles. The Labute approximate surface area is 73.2 Å². The minimum absolute atomic E-state index is 0. The molecule has 0 aromatic rings. The molecular formula is H7AlCuO4SSi. The zero-order valence-electron chi connectivity index (χ0n) is 4.42. The van der Waals surface area contributed by atoms with Crippen LogP contribution in [0.15, 0.2) is 0 Å². The monoisotopic (exact) mass is 221 g/mol. The molecule has 0 aromatic carbocycles. The van der Waals surface area contributed by atoms with Crippen LogP contribution in [0.5, 0.6) is 0 Å². The summed E-state index contributed by atoms with van der Waals surface area (Å²) in [5, 5.41) is 0. The maximum absolute atomic E-state index is 8.74. The number of hydrogen-bond donors (Lipinski definition) is 2. The van der Waals surface area contributed by atoms with Crippen LogP contribution in [0.1, 0.15) is 0 Å². The second-order valence-electron chi connectivity index (χ2n) is 0.448. The van der Waals surface area contributed by atoms with Gasteiger partial charge in [-0.1, -0.05) is 0 Å². The van der Waals surface area contributed by atoms with Gasteiger partial charge in [0.2, 0.25) is 0 Å². The average molecular weight is 222 g/mol. The van der Waals surface area contributed by atoms with Gasteiger partial charge in [0.15, 0.2) is 0 Å². The van der Waals surface area contributed by atoms with Gasteiger partial charge in [0.05, 0.1) is 0 Å². The van der Waals surface area contributed by atoms with Crippen molar-refractivity contribution < 1.29 is 34.6 Å². The summed E-state index contributed by atoms with van der Waals surface area (Å²) in [4.78, 5) is 0. The topological polar surface area (TPSA) is 74.6 Å². The van der Waals surface area contributed by atoms with Crippen LogP contribution in [0.3, 0.4) is 0 Å². The van der Waals surface area contributed by atoms with E-state index in [1.54, 1.807) is 0 Å². The molecule has 0 aromatic heterocycles. The average Bonchev–Trinajstić information content (AvgIpc) is 0.722. The van der Waals surface area contributed by atoms with Crippen molar-refractivity contribution in [2.24, 2.45) is 0 Å². The van der Waals surface area contributed by atoms with Crippen molar-refractivity contribution >= 4 is 38.7 Å². The van der Waals surface area contributed by atoms with E-state index in [9.17, 15) is 0 Å². The van der Waals surface area contributed by atoms with Crippen molar-refractivity contribution in [1.82, 2.24) is 0 Å². The van der Waals surface area contributed by atoms with Crippen molar-refractivity contribution in [2.45, 2.75) is 0 Å². The molecule has 0 aliphatic carbocycles. The molecule has 0 amide bonds. The molecule has 0 saturated carbocycles. The summed E-state index contributed by atoms with van der Waals surface area (Å²) in [5.74, 6) is 0. The molecule has 4 nitrogen and oxygen atoms in total. The number of rotatable bonds is 0. The summed E-state index contributed by atoms with van der Waals surface area (Å²) in [6, 6.07) is 0. The van der Waals surface area contributed by atoms with Gasteiger partial charge >= 0.3 is 10.4 Å². The van der Waals surface area contributed by atoms with Gasteiger partial charge in [-0.2, -0.15) is 8.42 Å². The molecule has 0 unspecified atom stereocenters. The Kier molecular flexibility index (Phi) is 23.3. The van der Waals surface area contributed by atoms with Gasteiger partial charge in [-0.05, 0) is 11.0 Å². The van der Waals surface area contributed by atoms with Gasteiger partial charge in [-0.15, -0.1) is 0 Å². The molecule has 8 heteroatoms. The fraction of sp³-hybridized carbons (Fsp3) is 0. The second kappa shape index (κ2) is 8.14. The molecule has 8 heavy (non-hydrogen) atoms. The van der Waals surface area contributed by atoms with Gasteiger partial charge in [0.1, 0.15) is 17.4 Å². The van der Waals surface area contributed by atoms with Crippen LogP contribution in [0, 0.1) is 0 Å². The first-order valence-electron chi connectivity index (χ1n) is 0.698. The van der Waals surface area contributed by atoms with Crippen molar-refractivity contribution in [1.29, 1.82) is 0 Å². The molecule has 0 aliphatic rings. The van der Waals surface area contributed by atoms with E-state index in [4.69, 9.17) is 17.5 Å². The third-order valence-electron chi connectivity index (χ3n) is 0. The largest absolute Gasteiger partial charge is 0.394 e. The predicted molar refractivity (Wildman–Crippen MR) is 32.7 cm³/mol. The molecule has 0 heterocycles. The Morgan fingerprint density at radius 1 is 1.12 bits per heavy atom. The molecule has 0 spiro atoms. The normalized spacial score (nSPS) is 7.25. The van der Waals surface area contributed by atoms with Crippen molar-refractivity contribution in [3.8, 4) is 0 Å². The van der Waals surface area contributed by atoms with Crippen molar-refractivity contribution in [2.75, 3.05) is 0 Å².